The van der Waals surface area contributed by atoms with Gasteiger partial charge in [-0.2, -0.15) is 0 Å². The predicted molar refractivity (Wildman–Crippen MR) is 68.4 cm³/mol. The quantitative estimate of drug-likeness (QED) is 0.707. The molecule has 2 nitrogen and oxygen atoms in total. The third-order valence-corrected chi connectivity index (χ3v) is 4.44. The van der Waals surface area contributed by atoms with Gasteiger partial charge in [-0.3, -0.25) is 0 Å². The summed E-state index contributed by atoms with van der Waals surface area (Å²) in [5.74, 6) is 1.49. The van der Waals surface area contributed by atoms with Gasteiger partial charge in [0.1, 0.15) is 15.8 Å². The zero-order valence-corrected chi connectivity index (χ0v) is 10.7. The average molecular weight is 253 g/mol. The molecular formula is C12H13ClN2S. The Labute approximate surface area is 104 Å². The molecule has 0 N–H and O–H groups in total. The first kappa shape index (κ1) is 10.5. The van der Waals surface area contributed by atoms with Crippen molar-refractivity contribution in [3.8, 4) is 0 Å². The fourth-order valence-electron chi connectivity index (χ4n) is 2.39. The topological polar surface area (TPSA) is 25.8 Å². The molecule has 1 saturated carbocycles. The molecule has 0 aromatic carbocycles. The second-order valence-electron chi connectivity index (χ2n) is 4.43. The Morgan fingerprint density at radius 3 is 2.81 bits per heavy atom. The van der Waals surface area contributed by atoms with Gasteiger partial charge in [0.2, 0.25) is 0 Å². The lowest BCUT2D eigenvalue weighted by atomic mass is 10.1. The maximum atomic E-state index is 6.21. The predicted octanol–water partition coefficient (Wildman–Crippen LogP) is 4.31. The summed E-state index contributed by atoms with van der Waals surface area (Å²) < 4.78 is 0. The van der Waals surface area contributed by atoms with Crippen molar-refractivity contribution in [2.75, 3.05) is 0 Å². The molecule has 1 aliphatic rings. The average Bonchev–Trinajstić information content (AvgIpc) is 2.84. The van der Waals surface area contributed by atoms with Crippen molar-refractivity contribution in [2.45, 2.75) is 38.5 Å². The molecule has 2 heterocycles. The Hall–Kier alpha value is -0.670. The third-order valence-electron chi connectivity index (χ3n) is 3.21. The van der Waals surface area contributed by atoms with E-state index in [0.717, 1.165) is 16.0 Å². The summed E-state index contributed by atoms with van der Waals surface area (Å²) in [4.78, 5) is 11.4. The minimum absolute atomic E-state index is 0.532. The molecule has 0 aliphatic heterocycles. The fourth-order valence-corrected chi connectivity index (χ4v) is 3.56. The normalized spacial score (nSPS) is 17.4. The van der Waals surface area contributed by atoms with E-state index < -0.39 is 0 Å². The Balaban J connectivity index is 2.12. The van der Waals surface area contributed by atoms with Gasteiger partial charge in [-0.1, -0.05) is 24.4 Å². The largest absolute Gasteiger partial charge is 0.222 e. The minimum atomic E-state index is 0.532. The number of nitrogens with zero attached hydrogens (tertiary/aromatic N) is 2. The highest BCUT2D eigenvalue weighted by Gasteiger charge is 2.21. The first-order valence-electron chi connectivity index (χ1n) is 5.67. The number of hydrogen-bond donors (Lipinski definition) is 0. The number of aryl methyl sites for hydroxylation is 1. The van der Waals surface area contributed by atoms with Crippen LogP contribution in [-0.2, 0) is 0 Å². The molecule has 0 bridgehead atoms. The highest BCUT2D eigenvalue weighted by Crippen LogP contribution is 2.35. The second kappa shape index (κ2) is 3.97. The van der Waals surface area contributed by atoms with Gasteiger partial charge in [-0.15, -0.1) is 11.3 Å². The van der Waals surface area contributed by atoms with Gasteiger partial charge >= 0.3 is 0 Å². The molecule has 2 aromatic heterocycles. The molecule has 0 unspecified atom stereocenters. The smallest absolute Gasteiger partial charge is 0.141 e. The first-order chi connectivity index (χ1) is 7.74. The molecule has 0 radical (unpaired) electrons. The molecule has 4 heteroatoms. The van der Waals surface area contributed by atoms with Crippen LogP contribution in [0.15, 0.2) is 6.07 Å². The molecule has 1 aliphatic carbocycles. The minimum Gasteiger partial charge on any atom is -0.222 e. The van der Waals surface area contributed by atoms with Crippen molar-refractivity contribution in [3.05, 3.63) is 21.9 Å². The first-order valence-corrected chi connectivity index (χ1v) is 6.87. The van der Waals surface area contributed by atoms with E-state index in [0.29, 0.717) is 11.1 Å². The summed E-state index contributed by atoms with van der Waals surface area (Å²) in [6, 6.07) is 2.07. The van der Waals surface area contributed by atoms with Crippen LogP contribution in [0.2, 0.25) is 5.15 Å². The van der Waals surface area contributed by atoms with Crippen molar-refractivity contribution in [2.24, 2.45) is 0 Å². The van der Waals surface area contributed by atoms with E-state index in [-0.39, 0.29) is 0 Å². The van der Waals surface area contributed by atoms with E-state index in [4.69, 9.17) is 11.6 Å². The highest BCUT2D eigenvalue weighted by molar-refractivity contribution is 7.18. The molecule has 1 fully saturated rings. The molecule has 0 atom stereocenters. The molecule has 0 spiro atoms. The van der Waals surface area contributed by atoms with Crippen LogP contribution in [-0.4, -0.2) is 9.97 Å². The maximum Gasteiger partial charge on any atom is 0.141 e. The van der Waals surface area contributed by atoms with Crippen molar-refractivity contribution >= 4 is 33.2 Å². The lowest BCUT2D eigenvalue weighted by Gasteiger charge is -2.07. The third kappa shape index (κ3) is 1.72. The van der Waals surface area contributed by atoms with E-state index in [2.05, 4.69) is 23.0 Å². The SMILES string of the molecule is Cc1cc2c(Cl)nc(C3CCCC3)nc2s1. The molecule has 16 heavy (non-hydrogen) atoms. The van der Waals surface area contributed by atoms with Gasteiger partial charge in [-0.25, -0.2) is 9.97 Å². The molecule has 0 amide bonds. The Bertz CT molecular complexity index is 529. The van der Waals surface area contributed by atoms with E-state index in [1.165, 1.54) is 30.6 Å². The lowest BCUT2D eigenvalue weighted by molar-refractivity contribution is 0.673. The zero-order valence-electron chi connectivity index (χ0n) is 9.16. The van der Waals surface area contributed by atoms with E-state index >= 15 is 0 Å². The molecule has 2 aromatic rings. The van der Waals surface area contributed by atoms with Crippen LogP contribution in [0.25, 0.3) is 10.2 Å². The van der Waals surface area contributed by atoms with Crippen LogP contribution in [0.5, 0.6) is 0 Å². The highest BCUT2D eigenvalue weighted by atomic mass is 35.5. The van der Waals surface area contributed by atoms with Crippen LogP contribution in [0.3, 0.4) is 0 Å². The van der Waals surface area contributed by atoms with Gasteiger partial charge in [-0.05, 0) is 25.8 Å². The van der Waals surface area contributed by atoms with E-state index in [9.17, 15) is 0 Å². The van der Waals surface area contributed by atoms with Crippen molar-refractivity contribution in [1.82, 2.24) is 9.97 Å². The van der Waals surface area contributed by atoms with E-state index in [1.807, 2.05) is 0 Å². The summed E-state index contributed by atoms with van der Waals surface area (Å²) in [5.41, 5.74) is 0. The van der Waals surface area contributed by atoms with Gasteiger partial charge in [0.25, 0.3) is 0 Å². The van der Waals surface area contributed by atoms with Crippen LogP contribution < -0.4 is 0 Å². The maximum absolute atomic E-state index is 6.21. The number of thiophene rings is 1. The molecule has 0 saturated heterocycles. The Morgan fingerprint density at radius 2 is 2.06 bits per heavy atom. The van der Waals surface area contributed by atoms with Crippen LogP contribution in [0, 0.1) is 6.92 Å². The van der Waals surface area contributed by atoms with Gasteiger partial charge < -0.3 is 0 Å². The number of halogens is 1. The summed E-state index contributed by atoms with van der Waals surface area (Å²) in [6.07, 6.45) is 5.03. The Kier molecular flexibility index (Phi) is 2.60. The summed E-state index contributed by atoms with van der Waals surface area (Å²) >= 11 is 7.91. The number of aromatic nitrogens is 2. The Morgan fingerprint density at radius 1 is 1.31 bits per heavy atom. The molecule has 84 valence electrons. The van der Waals surface area contributed by atoms with Crippen molar-refractivity contribution < 1.29 is 0 Å². The van der Waals surface area contributed by atoms with Crippen LogP contribution >= 0.6 is 22.9 Å². The van der Waals surface area contributed by atoms with Crippen molar-refractivity contribution in [3.63, 3.8) is 0 Å². The summed E-state index contributed by atoms with van der Waals surface area (Å²) in [6.45, 7) is 2.08. The van der Waals surface area contributed by atoms with Crippen molar-refractivity contribution in [1.29, 1.82) is 0 Å². The standard InChI is InChI=1S/C12H13ClN2S/c1-7-6-9-10(13)14-11(15-12(9)16-7)8-4-2-3-5-8/h6,8H,2-5H2,1H3. The summed E-state index contributed by atoms with van der Waals surface area (Å²) in [5, 5.41) is 1.63. The monoisotopic (exact) mass is 252 g/mol. The van der Waals surface area contributed by atoms with Gasteiger partial charge in [0, 0.05) is 16.2 Å². The second-order valence-corrected chi connectivity index (χ2v) is 6.02. The van der Waals surface area contributed by atoms with Gasteiger partial charge in [0.05, 0.1) is 0 Å². The number of rotatable bonds is 1. The number of hydrogen-bond acceptors (Lipinski definition) is 3. The number of fused-ring (bicyclic) bond motifs is 1. The van der Waals surface area contributed by atoms with E-state index in [1.54, 1.807) is 11.3 Å². The fraction of sp³-hybridized carbons (Fsp3) is 0.500. The van der Waals surface area contributed by atoms with Crippen LogP contribution in [0.4, 0.5) is 0 Å². The van der Waals surface area contributed by atoms with Gasteiger partial charge in [0.15, 0.2) is 0 Å². The molecular weight excluding hydrogens is 240 g/mol. The lowest BCUT2D eigenvalue weighted by Crippen LogP contribution is -2.00. The zero-order chi connectivity index (χ0) is 11.1. The van der Waals surface area contributed by atoms with Crippen LogP contribution in [0.1, 0.15) is 42.3 Å². The molecule has 3 rings (SSSR count). The summed E-state index contributed by atoms with van der Waals surface area (Å²) in [7, 11) is 0.